The number of hydrogen-bond donors (Lipinski definition) is 1. The number of carbonyl (C=O) groups is 2. The summed E-state index contributed by atoms with van der Waals surface area (Å²) >= 11 is 0. The molecule has 1 amide bonds. The van der Waals surface area contributed by atoms with Crippen molar-refractivity contribution in [1.29, 1.82) is 0 Å². The zero-order valence-corrected chi connectivity index (χ0v) is 21.9. The van der Waals surface area contributed by atoms with Gasteiger partial charge < -0.3 is 29.0 Å². The maximum atomic E-state index is 13.5. The van der Waals surface area contributed by atoms with E-state index in [1.807, 2.05) is 13.8 Å². The van der Waals surface area contributed by atoms with Gasteiger partial charge in [-0.3, -0.25) is 14.6 Å². The van der Waals surface area contributed by atoms with Crippen molar-refractivity contribution in [3.8, 4) is 23.0 Å². The summed E-state index contributed by atoms with van der Waals surface area (Å²) in [6.07, 6.45) is 4.08. The summed E-state index contributed by atoms with van der Waals surface area (Å²) in [4.78, 5) is 32.4. The standard InChI is InChI=1S/C30H30N2O7/c1-3-13-37-22-7-5-20(16-24(22)36-4-2)27-26(28(33)21-6-8-23-25(17-21)39-15-14-38-23)29(34)30(35)32(27)18-19-9-11-31-12-10-19/h5-12,16-17,27,33H,3-4,13-15,18H2,1-2H3/b28-26+/t27-/m0/s1. The highest BCUT2D eigenvalue weighted by Gasteiger charge is 2.46. The first-order valence-electron chi connectivity index (χ1n) is 13.0. The number of amides is 1. The van der Waals surface area contributed by atoms with Crippen LogP contribution in [0.2, 0.25) is 0 Å². The number of fused-ring (bicyclic) bond motifs is 1. The number of Topliss-reactive ketones (excluding diaryl/α,β-unsaturated/α-hetero) is 1. The normalized spacial score (nSPS) is 17.8. The predicted octanol–water partition coefficient (Wildman–Crippen LogP) is 4.66. The molecule has 0 bridgehead atoms. The number of pyridine rings is 1. The zero-order valence-electron chi connectivity index (χ0n) is 21.9. The zero-order chi connectivity index (χ0) is 27.4. The molecular weight excluding hydrogens is 500 g/mol. The predicted molar refractivity (Wildman–Crippen MR) is 143 cm³/mol. The molecule has 0 radical (unpaired) electrons. The van der Waals surface area contributed by atoms with E-state index < -0.39 is 17.7 Å². The van der Waals surface area contributed by atoms with Crippen LogP contribution in [0, 0.1) is 0 Å². The molecule has 202 valence electrons. The summed E-state index contributed by atoms with van der Waals surface area (Å²) in [6.45, 7) is 5.75. The molecule has 2 aliphatic rings. The second-order valence-electron chi connectivity index (χ2n) is 9.13. The quantitative estimate of drug-likeness (QED) is 0.242. The Kier molecular flexibility index (Phi) is 7.67. The topological polar surface area (TPSA) is 107 Å². The number of carbonyl (C=O) groups excluding carboxylic acids is 2. The van der Waals surface area contributed by atoms with Crippen LogP contribution >= 0.6 is 0 Å². The fraction of sp³-hybridized carbons (Fsp3) is 0.300. The van der Waals surface area contributed by atoms with Crippen molar-refractivity contribution in [3.05, 3.63) is 83.2 Å². The number of likely N-dealkylation sites (tertiary alicyclic amines) is 1. The summed E-state index contributed by atoms with van der Waals surface area (Å²) in [6, 6.07) is 13.0. The van der Waals surface area contributed by atoms with E-state index in [-0.39, 0.29) is 17.9 Å². The molecule has 9 heteroatoms. The summed E-state index contributed by atoms with van der Waals surface area (Å²) in [5.41, 5.74) is 1.73. The van der Waals surface area contributed by atoms with Gasteiger partial charge in [0.25, 0.3) is 11.7 Å². The Morgan fingerprint density at radius 2 is 1.74 bits per heavy atom. The van der Waals surface area contributed by atoms with Crippen LogP contribution in [-0.4, -0.2) is 53.1 Å². The molecule has 1 atom stereocenters. The van der Waals surface area contributed by atoms with E-state index in [4.69, 9.17) is 18.9 Å². The highest BCUT2D eigenvalue weighted by atomic mass is 16.6. The lowest BCUT2D eigenvalue weighted by Crippen LogP contribution is -2.29. The second-order valence-corrected chi connectivity index (χ2v) is 9.13. The van der Waals surface area contributed by atoms with Crippen LogP contribution in [0.15, 0.2) is 66.5 Å². The van der Waals surface area contributed by atoms with Crippen molar-refractivity contribution >= 4 is 17.4 Å². The molecular formula is C30H30N2O7. The molecule has 1 aromatic heterocycles. The molecule has 0 aliphatic carbocycles. The third-order valence-electron chi connectivity index (χ3n) is 6.50. The lowest BCUT2D eigenvalue weighted by atomic mass is 9.94. The van der Waals surface area contributed by atoms with Crippen LogP contribution < -0.4 is 18.9 Å². The molecule has 1 N–H and O–H groups in total. The van der Waals surface area contributed by atoms with E-state index in [1.165, 1.54) is 4.90 Å². The minimum atomic E-state index is -0.870. The summed E-state index contributed by atoms with van der Waals surface area (Å²) in [7, 11) is 0. The Morgan fingerprint density at radius 1 is 0.974 bits per heavy atom. The number of aromatic nitrogens is 1. The Hall–Kier alpha value is -4.53. The fourth-order valence-corrected chi connectivity index (χ4v) is 4.71. The van der Waals surface area contributed by atoms with E-state index in [1.54, 1.807) is 60.9 Å². The monoisotopic (exact) mass is 530 g/mol. The van der Waals surface area contributed by atoms with Crippen molar-refractivity contribution in [3.63, 3.8) is 0 Å². The number of benzene rings is 2. The molecule has 2 aliphatic heterocycles. The molecule has 39 heavy (non-hydrogen) atoms. The van der Waals surface area contributed by atoms with E-state index in [9.17, 15) is 14.7 Å². The van der Waals surface area contributed by atoms with Gasteiger partial charge in [-0.05, 0) is 66.9 Å². The van der Waals surface area contributed by atoms with Crippen molar-refractivity contribution < 1.29 is 33.6 Å². The Bertz CT molecular complexity index is 1400. The SMILES string of the molecule is CCCOc1ccc([C@H]2/C(=C(\O)c3ccc4c(c3)OCCO4)C(=O)C(=O)N2Cc2ccncc2)cc1OCC. The van der Waals surface area contributed by atoms with Gasteiger partial charge in [-0.15, -0.1) is 0 Å². The third kappa shape index (κ3) is 5.25. The summed E-state index contributed by atoms with van der Waals surface area (Å²) in [5, 5.41) is 11.5. The van der Waals surface area contributed by atoms with Crippen molar-refractivity contribution in [2.24, 2.45) is 0 Å². The minimum Gasteiger partial charge on any atom is -0.507 e. The average Bonchev–Trinajstić information content (AvgIpc) is 3.21. The van der Waals surface area contributed by atoms with Gasteiger partial charge in [-0.25, -0.2) is 0 Å². The van der Waals surface area contributed by atoms with Crippen LogP contribution in [0.5, 0.6) is 23.0 Å². The molecule has 2 aromatic carbocycles. The lowest BCUT2D eigenvalue weighted by molar-refractivity contribution is -0.140. The molecule has 0 unspecified atom stereocenters. The second kappa shape index (κ2) is 11.5. The smallest absolute Gasteiger partial charge is 0.295 e. The Balaban J connectivity index is 1.63. The molecule has 1 saturated heterocycles. The number of nitrogens with zero attached hydrogens (tertiary/aromatic N) is 2. The Morgan fingerprint density at radius 3 is 2.49 bits per heavy atom. The Labute approximate surface area is 226 Å². The largest absolute Gasteiger partial charge is 0.507 e. The number of hydrogen-bond acceptors (Lipinski definition) is 8. The number of aliphatic hydroxyl groups is 1. The van der Waals surface area contributed by atoms with Gasteiger partial charge in [-0.1, -0.05) is 13.0 Å². The van der Waals surface area contributed by atoms with Crippen LogP contribution in [0.25, 0.3) is 5.76 Å². The van der Waals surface area contributed by atoms with Gasteiger partial charge in [0.15, 0.2) is 23.0 Å². The average molecular weight is 531 g/mol. The fourth-order valence-electron chi connectivity index (χ4n) is 4.71. The van der Waals surface area contributed by atoms with Crippen LogP contribution in [0.3, 0.4) is 0 Å². The van der Waals surface area contributed by atoms with E-state index >= 15 is 0 Å². The maximum Gasteiger partial charge on any atom is 0.295 e. The molecule has 9 nitrogen and oxygen atoms in total. The summed E-state index contributed by atoms with van der Waals surface area (Å²) in [5.74, 6) is 0.306. The number of ketones is 1. The van der Waals surface area contributed by atoms with Gasteiger partial charge in [-0.2, -0.15) is 0 Å². The molecule has 3 heterocycles. The van der Waals surface area contributed by atoms with Gasteiger partial charge in [0.1, 0.15) is 19.0 Å². The molecule has 0 spiro atoms. The van der Waals surface area contributed by atoms with Gasteiger partial charge >= 0.3 is 0 Å². The van der Waals surface area contributed by atoms with Crippen molar-refractivity contribution in [1.82, 2.24) is 9.88 Å². The molecule has 3 aromatic rings. The van der Waals surface area contributed by atoms with Crippen LogP contribution in [-0.2, 0) is 16.1 Å². The first-order valence-corrected chi connectivity index (χ1v) is 13.0. The first kappa shape index (κ1) is 26.1. The van der Waals surface area contributed by atoms with Gasteiger partial charge in [0, 0.05) is 24.5 Å². The van der Waals surface area contributed by atoms with Crippen LogP contribution in [0.4, 0.5) is 0 Å². The van der Waals surface area contributed by atoms with E-state index in [2.05, 4.69) is 4.98 Å². The van der Waals surface area contributed by atoms with Crippen molar-refractivity contribution in [2.75, 3.05) is 26.4 Å². The molecule has 1 fully saturated rings. The number of ether oxygens (including phenoxy) is 4. The first-order chi connectivity index (χ1) is 19.0. The molecule has 0 saturated carbocycles. The highest BCUT2D eigenvalue weighted by Crippen LogP contribution is 2.43. The van der Waals surface area contributed by atoms with E-state index in [0.717, 1.165) is 12.0 Å². The van der Waals surface area contributed by atoms with Crippen molar-refractivity contribution in [2.45, 2.75) is 32.9 Å². The minimum absolute atomic E-state index is 0.0181. The van der Waals surface area contributed by atoms with Crippen LogP contribution in [0.1, 0.15) is 43.0 Å². The highest BCUT2D eigenvalue weighted by molar-refractivity contribution is 6.46. The summed E-state index contributed by atoms with van der Waals surface area (Å²) < 4.78 is 23.0. The number of aliphatic hydroxyl groups excluding tert-OH is 1. The van der Waals surface area contributed by atoms with Gasteiger partial charge in [0.05, 0.1) is 24.8 Å². The third-order valence-corrected chi connectivity index (χ3v) is 6.50. The van der Waals surface area contributed by atoms with Gasteiger partial charge in [0.2, 0.25) is 0 Å². The number of rotatable bonds is 9. The molecule has 5 rings (SSSR count). The van der Waals surface area contributed by atoms with E-state index in [0.29, 0.717) is 60.6 Å². The lowest BCUT2D eigenvalue weighted by Gasteiger charge is -2.26. The maximum absolute atomic E-state index is 13.5.